The maximum absolute atomic E-state index is 11.0. The van der Waals surface area contributed by atoms with E-state index in [2.05, 4.69) is 20.6 Å². The minimum atomic E-state index is -0.204. The van der Waals surface area contributed by atoms with E-state index in [0.717, 1.165) is 18.5 Å². The van der Waals surface area contributed by atoms with Crippen molar-refractivity contribution < 1.29 is 4.79 Å². The fraction of sp³-hybridized carbons (Fsp3) is 0.333. The van der Waals surface area contributed by atoms with Crippen molar-refractivity contribution >= 4 is 5.91 Å². The Morgan fingerprint density at radius 2 is 2.37 bits per heavy atom. The lowest BCUT2D eigenvalue weighted by molar-refractivity contribution is -0.119. The predicted octanol–water partition coefficient (Wildman–Crippen LogP) is -0.509. The lowest BCUT2D eigenvalue weighted by Crippen LogP contribution is -2.29. The third-order valence-corrected chi connectivity index (χ3v) is 2.59. The third kappa shape index (κ3) is 4.14. The van der Waals surface area contributed by atoms with Gasteiger partial charge in [-0.05, 0) is 18.1 Å². The molecule has 0 aliphatic rings. The van der Waals surface area contributed by atoms with E-state index in [1.54, 1.807) is 10.9 Å². The largest absolute Gasteiger partial charge is 0.349 e. The fourth-order valence-electron chi connectivity index (χ4n) is 1.58. The fourth-order valence-corrected chi connectivity index (χ4v) is 1.58. The number of hydrogen-bond donors (Lipinski definition) is 2. The molecule has 19 heavy (non-hydrogen) atoms. The average Bonchev–Trinajstić information content (AvgIpc) is 2.91. The van der Waals surface area contributed by atoms with Crippen LogP contribution in [0.25, 0.3) is 0 Å². The second kappa shape index (κ2) is 6.60. The Morgan fingerprint density at radius 3 is 3.11 bits per heavy atom. The molecule has 0 saturated carbocycles. The van der Waals surface area contributed by atoms with Gasteiger partial charge in [0.25, 0.3) is 0 Å². The number of rotatable bonds is 6. The first kappa shape index (κ1) is 13.2. The molecular formula is C12H16N6O. The van der Waals surface area contributed by atoms with Crippen LogP contribution in [0.1, 0.15) is 11.3 Å². The van der Waals surface area contributed by atoms with Crippen molar-refractivity contribution in [2.24, 2.45) is 5.73 Å². The van der Waals surface area contributed by atoms with Crippen molar-refractivity contribution in [2.75, 3.05) is 6.54 Å². The number of nitrogens with zero attached hydrogens (tertiary/aromatic N) is 4. The predicted molar refractivity (Wildman–Crippen MR) is 68.9 cm³/mol. The smallest absolute Gasteiger partial charge is 0.234 e. The van der Waals surface area contributed by atoms with E-state index < -0.39 is 0 Å². The van der Waals surface area contributed by atoms with Crippen molar-refractivity contribution in [3.63, 3.8) is 0 Å². The van der Waals surface area contributed by atoms with Gasteiger partial charge in [-0.2, -0.15) is 0 Å². The number of pyridine rings is 1. The Kier molecular flexibility index (Phi) is 4.57. The van der Waals surface area contributed by atoms with Crippen LogP contribution in [0.5, 0.6) is 0 Å². The van der Waals surface area contributed by atoms with Crippen LogP contribution >= 0.6 is 0 Å². The molecule has 0 saturated heterocycles. The van der Waals surface area contributed by atoms with Crippen LogP contribution in [-0.4, -0.2) is 32.4 Å². The highest BCUT2D eigenvalue weighted by Crippen LogP contribution is 2.00. The minimum Gasteiger partial charge on any atom is -0.349 e. The van der Waals surface area contributed by atoms with E-state index in [4.69, 9.17) is 5.73 Å². The van der Waals surface area contributed by atoms with Gasteiger partial charge in [0.05, 0.1) is 19.3 Å². The van der Waals surface area contributed by atoms with Crippen LogP contribution in [0.2, 0.25) is 0 Å². The van der Waals surface area contributed by atoms with Gasteiger partial charge < -0.3 is 11.1 Å². The van der Waals surface area contributed by atoms with Gasteiger partial charge in [-0.25, -0.2) is 0 Å². The number of nitrogens with two attached hydrogens (primary N) is 1. The van der Waals surface area contributed by atoms with E-state index in [1.165, 1.54) is 0 Å². The molecule has 7 heteroatoms. The van der Waals surface area contributed by atoms with Crippen LogP contribution < -0.4 is 11.1 Å². The molecule has 7 nitrogen and oxygen atoms in total. The summed E-state index contributed by atoms with van der Waals surface area (Å²) in [4.78, 5) is 15.1. The molecule has 2 heterocycles. The van der Waals surface area contributed by atoms with Crippen molar-refractivity contribution in [2.45, 2.75) is 19.5 Å². The lowest BCUT2D eigenvalue weighted by atomic mass is 10.2. The Hall–Kier alpha value is -2.28. The van der Waals surface area contributed by atoms with Gasteiger partial charge in [0.2, 0.25) is 5.91 Å². The van der Waals surface area contributed by atoms with Gasteiger partial charge >= 0.3 is 0 Å². The highest BCUT2D eigenvalue weighted by molar-refractivity contribution is 5.77. The van der Waals surface area contributed by atoms with Crippen molar-refractivity contribution in [1.29, 1.82) is 0 Å². The summed E-state index contributed by atoms with van der Waals surface area (Å²) in [5, 5.41) is 10.6. The van der Waals surface area contributed by atoms with Gasteiger partial charge in [-0.15, -0.1) is 5.10 Å². The van der Waals surface area contributed by atoms with Crippen LogP contribution in [0, 0.1) is 0 Å². The normalized spacial score (nSPS) is 10.4. The number of carbonyl (C=O) groups is 1. The summed E-state index contributed by atoms with van der Waals surface area (Å²) in [6.45, 7) is 1.06. The summed E-state index contributed by atoms with van der Waals surface area (Å²) in [6, 6.07) is 3.93. The zero-order valence-corrected chi connectivity index (χ0v) is 10.5. The van der Waals surface area contributed by atoms with Crippen molar-refractivity contribution in [1.82, 2.24) is 25.3 Å². The summed E-state index contributed by atoms with van der Waals surface area (Å²) < 4.78 is 1.75. The molecule has 100 valence electrons. The molecule has 2 aromatic heterocycles. The van der Waals surface area contributed by atoms with E-state index in [1.807, 2.05) is 24.5 Å². The van der Waals surface area contributed by atoms with E-state index in [-0.39, 0.29) is 12.5 Å². The third-order valence-electron chi connectivity index (χ3n) is 2.59. The first-order valence-electron chi connectivity index (χ1n) is 6.02. The Labute approximate surface area is 110 Å². The molecule has 2 rings (SSSR count). The number of aryl methyl sites for hydroxylation is 2. The summed E-state index contributed by atoms with van der Waals surface area (Å²) in [6.07, 6.45) is 6.23. The van der Waals surface area contributed by atoms with E-state index in [0.29, 0.717) is 12.2 Å². The number of aromatic nitrogens is 4. The lowest BCUT2D eigenvalue weighted by Gasteiger charge is -2.00. The topological polar surface area (TPSA) is 98.7 Å². The molecule has 0 bridgehead atoms. The molecule has 0 unspecified atom stereocenters. The average molecular weight is 260 g/mol. The monoisotopic (exact) mass is 260 g/mol. The molecular weight excluding hydrogens is 244 g/mol. The SMILES string of the molecule is NCC(=O)NCc1cn(CCc2cccnc2)nn1. The van der Waals surface area contributed by atoms with Gasteiger partial charge in [0.1, 0.15) is 5.69 Å². The van der Waals surface area contributed by atoms with Crippen molar-refractivity contribution in [3.8, 4) is 0 Å². The summed E-state index contributed by atoms with van der Waals surface area (Å²) >= 11 is 0. The Morgan fingerprint density at radius 1 is 1.47 bits per heavy atom. The zero-order chi connectivity index (χ0) is 13.5. The number of carbonyl (C=O) groups excluding carboxylic acids is 1. The Bertz CT molecular complexity index is 524. The van der Waals surface area contributed by atoms with E-state index >= 15 is 0 Å². The molecule has 3 N–H and O–H groups in total. The van der Waals surface area contributed by atoms with E-state index in [9.17, 15) is 4.79 Å². The maximum Gasteiger partial charge on any atom is 0.234 e. The maximum atomic E-state index is 11.0. The standard InChI is InChI=1S/C12H16N6O/c13-6-12(19)15-8-11-9-18(17-16-11)5-3-10-2-1-4-14-7-10/h1-2,4,7,9H,3,5-6,8,13H2,(H,15,19). The number of nitrogens with one attached hydrogen (secondary N) is 1. The van der Waals surface area contributed by atoms with Gasteiger partial charge in [-0.3, -0.25) is 14.5 Å². The second-order valence-electron chi connectivity index (χ2n) is 4.07. The molecule has 0 spiro atoms. The van der Waals surface area contributed by atoms with Crippen LogP contribution in [0.15, 0.2) is 30.7 Å². The number of amides is 1. The number of hydrogen-bond acceptors (Lipinski definition) is 5. The first-order chi connectivity index (χ1) is 9.28. The molecule has 0 fully saturated rings. The quantitative estimate of drug-likeness (QED) is 0.729. The summed E-state index contributed by atoms with van der Waals surface area (Å²) in [5.74, 6) is -0.204. The first-order valence-corrected chi connectivity index (χ1v) is 6.02. The highest BCUT2D eigenvalue weighted by atomic mass is 16.1. The molecule has 0 atom stereocenters. The summed E-state index contributed by atoms with van der Waals surface area (Å²) in [7, 11) is 0. The Balaban J connectivity index is 1.82. The summed E-state index contributed by atoms with van der Waals surface area (Å²) in [5.41, 5.74) is 7.06. The molecule has 0 aliphatic heterocycles. The van der Waals surface area contributed by atoms with Crippen LogP contribution in [0.3, 0.4) is 0 Å². The van der Waals surface area contributed by atoms with Crippen LogP contribution in [-0.2, 0) is 24.3 Å². The molecule has 2 aromatic rings. The molecule has 0 aromatic carbocycles. The van der Waals surface area contributed by atoms with Gasteiger partial charge in [0.15, 0.2) is 0 Å². The van der Waals surface area contributed by atoms with Gasteiger partial charge in [-0.1, -0.05) is 11.3 Å². The molecule has 0 aliphatic carbocycles. The van der Waals surface area contributed by atoms with Crippen LogP contribution in [0.4, 0.5) is 0 Å². The second-order valence-corrected chi connectivity index (χ2v) is 4.07. The highest BCUT2D eigenvalue weighted by Gasteiger charge is 2.03. The molecule has 1 amide bonds. The zero-order valence-electron chi connectivity index (χ0n) is 10.5. The minimum absolute atomic E-state index is 0.0187. The van der Waals surface area contributed by atoms with Gasteiger partial charge in [0, 0.05) is 18.9 Å². The molecule has 0 radical (unpaired) electrons. The van der Waals surface area contributed by atoms with Crippen molar-refractivity contribution in [3.05, 3.63) is 42.0 Å².